The van der Waals surface area contributed by atoms with Crippen LogP contribution in [0.15, 0.2) is 12.3 Å². The number of rotatable bonds is 3. The standard InChI is InChI=1S/C11H18N4O/c1-8(2)16-9-4-5-13-10(14-9)15-6-11(3,12)7-15/h4-5,8H,6-7,12H2,1-3H3. The van der Waals surface area contributed by atoms with Crippen LogP contribution in [-0.4, -0.2) is 34.7 Å². The Kier molecular flexibility index (Phi) is 2.71. The molecule has 1 saturated heterocycles. The molecule has 2 N–H and O–H groups in total. The van der Waals surface area contributed by atoms with Crippen molar-refractivity contribution in [3.05, 3.63) is 12.3 Å². The first kappa shape index (κ1) is 11.1. The van der Waals surface area contributed by atoms with Crippen molar-refractivity contribution in [1.29, 1.82) is 0 Å². The highest BCUT2D eigenvalue weighted by molar-refractivity contribution is 5.38. The number of ether oxygens (including phenoxy) is 1. The molecule has 16 heavy (non-hydrogen) atoms. The summed E-state index contributed by atoms with van der Waals surface area (Å²) in [5, 5.41) is 0. The molecule has 1 aromatic heterocycles. The van der Waals surface area contributed by atoms with Crippen LogP contribution in [0, 0.1) is 0 Å². The Morgan fingerprint density at radius 1 is 1.50 bits per heavy atom. The molecule has 0 atom stereocenters. The smallest absolute Gasteiger partial charge is 0.228 e. The fourth-order valence-corrected chi connectivity index (χ4v) is 1.76. The summed E-state index contributed by atoms with van der Waals surface area (Å²) in [6, 6.07) is 1.77. The first-order chi connectivity index (χ1) is 7.46. The minimum absolute atomic E-state index is 0.113. The first-order valence-electron chi connectivity index (χ1n) is 5.50. The van der Waals surface area contributed by atoms with Crippen molar-refractivity contribution in [2.75, 3.05) is 18.0 Å². The predicted molar refractivity (Wildman–Crippen MR) is 62.6 cm³/mol. The Balaban J connectivity index is 2.06. The third-order valence-corrected chi connectivity index (χ3v) is 2.36. The third kappa shape index (κ3) is 2.41. The fraction of sp³-hybridized carbons (Fsp3) is 0.636. The molecule has 2 rings (SSSR count). The molecule has 5 nitrogen and oxygen atoms in total. The van der Waals surface area contributed by atoms with E-state index in [2.05, 4.69) is 9.97 Å². The highest BCUT2D eigenvalue weighted by atomic mass is 16.5. The van der Waals surface area contributed by atoms with Crippen molar-refractivity contribution in [3.8, 4) is 5.88 Å². The Bertz CT molecular complexity index is 370. The molecule has 0 aliphatic carbocycles. The van der Waals surface area contributed by atoms with Crippen LogP contribution >= 0.6 is 0 Å². The summed E-state index contributed by atoms with van der Waals surface area (Å²) in [4.78, 5) is 10.6. The van der Waals surface area contributed by atoms with E-state index in [9.17, 15) is 0 Å². The molecule has 1 aliphatic heterocycles. The van der Waals surface area contributed by atoms with Crippen LogP contribution < -0.4 is 15.4 Å². The lowest BCUT2D eigenvalue weighted by atomic mass is 9.94. The van der Waals surface area contributed by atoms with Gasteiger partial charge in [0.2, 0.25) is 11.8 Å². The second kappa shape index (κ2) is 3.90. The monoisotopic (exact) mass is 222 g/mol. The predicted octanol–water partition coefficient (Wildman–Crippen LogP) is 0.801. The molecule has 0 aromatic carbocycles. The number of nitrogens with zero attached hydrogens (tertiary/aromatic N) is 3. The van der Waals surface area contributed by atoms with Crippen molar-refractivity contribution >= 4 is 5.95 Å². The molecule has 88 valence electrons. The van der Waals surface area contributed by atoms with E-state index in [1.165, 1.54) is 0 Å². The van der Waals surface area contributed by atoms with Crippen molar-refractivity contribution in [2.45, 2.75) is 32.4 Å². The third-order valence-electron chi connectivity index (χ3n) is 2.36. The zero-order valence-corrected chi connectivity index (χ0v) is 9.97. The van der Waals surface area contributed by atoms with Gasteiger partial charge in [-0.3, -0.25) is 0 Å². The Hall–Kier alpha value is -1.36. The summed E-state index contributed by atoms with van der Waals surface area (Å²) in [6.07, 6.45) is 1.84. The number of hydrogen-bond donors (Lipinski definition) is 1. The minimum atomic E-state index is -0.113. The molecule has 1 fully saturated rings. The van der Waals surface area contributed by atoms with E-state index in [1.54, 1.807) is 12.3 Å². The van der Waals surface area contributed by atoms with Crippen LogP contribution in [0.2, 0.25) is 0 Å². The van der Waals surface area contributed by atoms with Crippen molar-refractivity contribution in [3.63, 3.8) is 0 Å². The lowest BCUT2D eigenvalue weighted by molar-refractivity contribution is 0.231. The Morgan fingerprint density at radius 3 is 2.75 bits per heavy atom. The molecular formula is C11H18N4O. The average molecular weight is 222 g/mol. The van der Waals surface area contributed by atoms with Gasteiger partial charge in [-0.1, -0.05) is 0 Å². The van der Waals surface area contributed by atoms with Gasteiger partial charge < -0.3 is 15.4 Å². The molecule has 1 aromatic rings. The van der Waals surface area contributed by atoms with Crippen LogP contribution in [0.25, 0.3) is 0 Å². The van der Waals surface area contributed by atoms with Gasteiger partial charge in [-0.05, 0) is 20.8 Å². The molecule has 0 unspecified atom stereocenters. The number of aromatic nitrogens is 2. The molecule has 0 spiro atoms. The summed E-state index contributed by atoms with van der Waals surface area (Å²) in [5.74, 6) is 1.31. The fourth-order valence-electron chi connectivity index (χ4n) is 1.76. The lowest BCUT2D eigenvalue weighted by Gasteiger charge is -2.45. The molecule has 0 amide bonds. The maximum Gasteiger partial charge on any atom is 0.228 e. The van der Waals surface area contributed by atoms with Crippen LogP contribution in [-0.2, 0) is 0 Å². The quantitative estimate of drug-likeness (QED) is 0.819. The molecule has 1 aliphatic rings. The van der Waals surface area contributed by atoms with Gasteiger partial charge in [0.25, 0.3) is 0 Å². The molecule has 5 heteroatoms. The van der Waals surface area contributed by atoms with Gasteiger partial charge in [-0.25, -0.2) is 4.98 Å². The highest BCUT2D eigenvalue weighted by Gasteiger charge is 2.36. The van der Waals surface area contributed by atoms with E-state index in [0.29, 0.717) is 11.8 Å². The number of nitrogens with two attached hydrogens (primary N) is 1. The SMILES string of the molecule is CC(C)Oc1ccnc(N2CC(C)(N)C2)n1. The zero-order valence-electron chi connectivity index (χ0n) is 9.97. The van der Waals surface area contributed by atoms with Crippen LogP contribution in [0.4, 0.5) is 5.95 Å². The summed E-state index contributed by atoms with van der Waals surface area (Å²) in [7, 11) is 0. The zero-order chi connectivity index (χ0) is 11.8. The molecule has 0 radical (unpaired) electrons. The second-order valence-corrected chi connectivity index (χ2v) is 4.87. The summed E-state index contributed by atoms with van der Waals surface area (Å²) >= 11 is 0. The van der Waals surface area contributed by atoms with Gasteiger partial charge in [0.15, 0.2) is 0 Å². The molecule has 0 saturated carbocycles. The van der Waals surface area contributed by atoms with Crippen molar-refractivity contribution in [2.24, 2.45) is 5.73 Å². The Morgan fingerprint density at radius 2 is 2.19 bits per heavy atom. The van der Waals surface area contributed by atoms with E-state index in [4.69, 9.17) is 10.5 Å². The van der Waals surface area contributed by atoms with Crippen LogP contribution in [0.1, 0.15) is 20.8 Å². The topological polar surface area (TPSA) is 64.3 Å². The van der Waals surface area contributed by atoms with Gasteiger partial charge in [0, 0.05) is 30.9 Å². The Labute approximate surface area is 95.6 Å². The maximum absolute atomic E-state index is 5.94. The average Bonchev–Trinajstić information content (AvgIpc) is 2.13. The highest BCUT2D eigenvalue weighted by Crippen LogP contribution is 2.23. The van der Waals surface area contributed by atoms with Crippen molar-refractivity contribution in [1.82, 2.24) is 9.97 Å². The normalized spacial score (nSPS) is 18.4. The van der Waals surface area contributed by atoms with E-state index in [0.717, 1.165) is 13.1 Å². The minimum Gasteiger partial charge on any atom is -0.475 e. The van der Waals surface area contributed by atoms with Gasteiger partial charge in [0.1, 0.15) is 0 Å². The summed E-state index contributed by atoms with van der Waals surface area (Å²) in [6.45, 7) is 7.55. The van der Waals surface area contributed by atoms with E-state index >= 15 is 0 Å². The summed E-state index contributed by atoms with van der Waals surface area (Å²) < 4.78 is 5.52. The van der Waals surface area contributed by atoms with Gasteiger partial charge >= 0.3 is 0 Å². The van der Waals surface area contributed by atoms with Crippen molar-refractivity contribution < 1.29 is 4.74 Å². The van der Waals surface area contributed by atoms with E-state index in [-0.39, 0.29) is 11.6 Å². The molecule has 0 bridgehead atoms. The number of hydrogen-bond acceptors (Lipinski definition) is 5. The van der Waals surface area contributed by atoms with E-state index < -0.39 is 0 Å². The van der Waals surface area contributed by atoms with Crippen LogP contribution in [0.5, 0.6) is 5.88 Å². The molecular weight excluding hydrogens is 204 g/mol. The largest absolute Gasteiger partial charge is 0.475 e. The number of anilines is 1. The second-order valence-electron chi connectivity index (χ2n) is 4.87. The first-order valence-corrected chi connectivity index (χ1v) is 5.50. The maximum atomic E-state index is 5.94. The van der Waals surface area contributed by atoms with Gasteiger partial charge in [-0.2, -0.15) is 4.98 Å². The van der Waals surface area contributed by atoms with Gasteiger partial charge in [0.05, 0.1) is 6.10 Å². The summed E-state index contributed by atoms with van der Waals surface area (Å²) in [5.41, 5.74) is 5.83. The van der Waals surface area contributed by atoms with Crippen LogP contribution in [0.3, 0.4) is 0 Å². The molecule has 2 heterocycles. The van der Waals surface area contributed by atoms with Gasteiger partial charge in [-0.15, -0.1) is 0 Å². The van der Waals surface area contributed by atoms with E-state index in [1.807, 2.05) is 25.7 Å². The lowest BCUT2D eigenvalue weighted by Crippen LogP contribution is -2.66.